The number of hydrogen-bond acceptors (Lipinski definition) is 8. The molecule has 0 saturated carbocycles. The van der Waals surface area contributed by atoms with E-state index in [2.05, 4.69) is 139 Å². The maximum atomic E-state index is 8.60. The summed E-state index contributed by atoms with van der Waals surface area (Å²) in [6, 6.07) is 40.5. The molecule has 0 N–H and O–H groups in total. The summed E-state index contributed by atoms with van der Waals surface area (Å²) in [7, 11) is 7.81. The van der Waals surface area contributed by atoms with Crippen molar-refractivity contribution < 1.29 is 52.4 Å². The zero-order chi connectivity index (χ0) is 91.2. The molecule has 112 heavy (non-hydrogen) atoms. The second kappa shape index (κ2) is 31.1. The van der Waals surface area contributed by atoms with E-state index in [4.69, 9.17) is 34.1 Å². The van der Waals surface area contributed by atoms with E-state index in [0.29, 0.717) is 62.2 Å². The molecule has 12 heterocycles. The highest BCUT2D eigenvalue weighted by Crippen LogP contribution is 2.43. The van der Waals surface area contributed by atoms with Crippen molar-refractivity contribution in [3.05, 3.63) is 236 Å². The topological polar surface area (TPSA) is 120 Å². The van der Waals surface area contributed by atoms with Crippen LogP contribution in [0.25, 0.3) is 133 Å². The first-order valence-corrected chi connectivity index (χ1v) is 38.6. The van der Waals surface area contributed by atoms with E-state index < -0.39 is 49.1 Å². The molecule has 0 aliphatic carbocycles. The second-order valence-electron chi connectivity index (χ2n) is 33.1. The van der Waals surface area contributed by atoms with Crippen LogP contribution in [0.5, 0.6) is 0 Å². The third-order valence-corrected chi connectivity index (χ3v) is 21.6. The molecular weight excluding hydrogens is 1380 g/mol. The van der Waals surface area contributed by atoms with E-state index in [0.717, 1.165) is 139 Å². The quantitative estimate of drug-likeness (QED) is 0.117. The summed E-state index contributed by atoms with van der Waals surface area (Å²) in [6.07, 6.45) is 8.73. The third-order valence-electron chi connectivity index (χ3n) is 21.6. The summed E-state index contributed by atoms with van der Waals surface area (Å²) < 4.78 is 131. The molecule has 12 heteroatoms. The van der Waals surface area contributed by atoms with Crippen molar-refractivity contribution in [2.75, 3.05) is 0 Å². The maximum Gasteiger partial charge on any atom is 0.227 e. The number of hydrogen-bond donors (Lipinski definition) is 0. The van der Waals surface area contributed by atoms with Crippen molar-refractivity contribution in [3.63, 3.8) is 0 Å². The first-order chi connectivity index (χ1) is 57.2. The molecule has 0 aliphatic heterocycles. The van der Waals surface area contributed by atoms with E-state index >= 15 is 0 Å². The van der Waals surface area contributed by atoms with Gasteiger partial charge in [-0.05, 0) is 202 Å². The highest BCUT2D eigenvalue weighted by molar-refractivity contribution is 6.12. The highest BCUT2D eigenvalue weighted by atomic mass is 16.4. The number of rotatable bonds is 11. The van der Waals surface area contributed by atoms with Crippen LogP contribution < -0.4 is 18.3 Å². The van der Waals surface area contributed by atoms with Crippen LogP contribution in [0.3, 0.4) is 0 Å². The Morgan fingerprint density at radius 3 is 0.982 bits per heavy atom. The Morgan fingerprint density at radius 1 is 0.330 bits per heavy atom. The van der Waals surface area contributed by atoms with Crippen LogP contribution in [0.2, 0.25) is 0 Å². The average Bonchev–Trinajstić information content (AvgIpc) is 1.58. The number of furan rings is 4. The minimum Gasteiger partial charge on any atom is -0.437 e. The predicted octanol–water partition coefficient (Wildman–Crippen LogP) is 25.0. The monoisotopic (exact) mass is 1500 g/mol. The maximum absolute atomic E-state index is 8.60. The summed E-state index contributed by atoms with van der Waals surface area (Å²) in [5.41, 5.74) is 27.2. The van der Waals surface area contributed by atoms with Gasteiger partial charge in [0.2, 0.25) is 45.6 Å². The fourth-order valence-electron chi connectivity index (χ4n) is 15.5. The minimum absolute atomic E-state index is 0.173. The van der Waals surface area contributed by atoms with Crippen LogP contribution in [-0.2, 0) is 34.6 Å². The molecule has 4 aromatic carbocycles. The number of benzene rings is 4. The van der Waals surface area contributed by atoms with Gasteiger partial charge < -0.3 is 17.7 Å². The molecule has 0 spiro atoms. The van der Waals surface area contributed by atoms with Crippen molar-refractivity contribution in [2.24, 2.45) is 33.6 Å². The molecule has 1 unspecified atom stereocenters. The predicted molar refractivity (Wildman–Crippen MR) is 463 cm³/mol. The van der Waals surface area contributed by atoms with Crippen LogP contribution in [0, 0.1) is 67.7 Å². The molecule has 12 aromatic heterocycles. The van der Waals surface area contributed by atoms with Crippen LogP contribution in [0.1, 0.15) is 245 Å². The van der Waals surface area contributed by atoms with E-state index in [1.807, 2.05) is 154 Å². The number of fused-ring (bicyclic) bond motifs is 12. The molecule has 12 nitrogen and oxygen atoms in total. The molecule has 0 aliphatic rings. The normalized spacial score (nSPS) is 14.9. The van der Waals surface area contributed by atoms with Gasteiger partial charge >= 0.3 is 0 Å². The fraction of sp³-hybridized carbons (Fsp3) is 0.360. The zero-order valence-corrected chi connectivity index (χ0v) is 70.3. The van der Waals surface area contributed by atoms with Gasteiger partial charge in [-0.1, -0.05) is 152 Å². The number of pyridine rings is 8. The zero-order valence-electron chi connectivity index (χ0n) is 82.3. The first-order valence-electron chi connectivity index (χ1n) is 44.6. The van der Waals surface area contributed by atoms with Gasteiger partial charge in [0.25, 0.3) is 0 Å². The van der Waals surface area contributed by atoms with Crippen LogP contribution in [0.4, 0.5) is 0 Å². The Hall–Kier alpha value is -10.7. The van der Waals surface area contributed by atoms with E-state index in [1.54, 1.807) is 64.6 Å². The molecule has 1 atom stereocenters. The molecule has 16 aromatic rings. The van der Waals surface area contributed by atoms with Crippen LogP contribution >= 0.6 is 0 Å². The number of nitrogens with zero attached hydrogens (tertiary/aromatic N) is 8. The van der Waals surface area contributed by atoms with E-state index in [-0.39, 0.29) is 11.0 Å². The Morgan fingerprint density at radius 2 is 0.643 bits per heavy atom. The lowest BCUT2D eigenvalue weighted by atomic mass is 9.86. The lowest BCUT2D eigenvalue weighted by Crippen LogP contribution is -2.32. The van der Waals surface area contributed by atoms with Gasteiger partial charge in [0, 0.05) is 129 Å². The van der Waals surface area contributed by atoms with Crippen molar-refractivity contribution in [1.29, 1.82) is 0 Å². The van der Waals surface area contributed by atoms with Crippen molar-refractivity contribution in [1.82, 2.24) is 19.9 Å². The van der Waals surface area contributed by atoms with Gasteiger partial charge in [-0.15, -0.1) is 0 Å². The Bertz CT molecular complexity index is 6940. The fourth-order valence-corrected chi connectivity index (χ4v) is 15.5. The lowest BCUT2D eigenvalue weighted by molar-refractivity contribution is -0.661. The Labute approximate surface area is 679 Å². The van der Waals surface area contributed by atoms with Crippen LogP contribution in [-0.4, -0.2) is 19.9 Å². The molecule has 0 fully saturated rings. The summed E-state index contributed by atoms with van der Waals surface area (Å²) >= 11 is 0. The van der Waals surface area contributed by atoms with Crippen molar-refractivity contribution in [3.8, 4) is 45.0 Å². The first kappa shape index (κ1) is 64.9. The van der Waals surface area contributed by atoms with Gasteiger partial charge in [0.15, 0.2) is 47.1 Å². The molecule has 16 rings (SSSR count). The molecule has 0 bridgehead atoms. The average molecular weight is 1510 g/mol. The van der Waals surface area contributed by atoms with Gasteiger partial charge in [-0.2, -0.15) is 0 Å². The molecule has 0 radical (unpaired) electrons. The third kappa shape index (κ3) is 15.3. The summed E-state index contributed by atoms with van der Waals surface area (Å²) in [6.45, 7) is 37.9. The number of aryl methyl sites for hydroxylation is 13. The summed E-state index contributed by atoms with van der Waals surface area (Å²) in [4.78, 5) is 18.5. The molecule has 576 valence electrons. The van der Waals surface area contributed by atoms with Crippen molar-refractivity contribution >= 4 is 88.3 Å². The smallest absolute Gasteiger partial charge is 0.227 e. The largest absolute Gasteiger partial charge is 0.437 e. The standard InChI is InChI=1S/4C25H29N2O/c1-15-8-10-19-20-11-9-17(3)26-24(20)28-23(19)22(15)21-12-16(2)18(14-27(21)7)13-25(4,5)6;1-14(2)20-12-22(27(7)13-17(20)6)23-16(5)8-9-18-19-10-11-21(15(3)4)26-25(19)28-24(18)23;2*1-14(2)20-13-27(7)22(12-17(20)6)23-16(5)8-9-18-19-10-11-21(15(3)4)26-25(19)28-24(18)23/h8-12,14H,13H2,1-7H3;3*8-15H,1-7H3/q4*+1/i;6D3,14D,15D;1D3,14D,15D;14D,15D. The number of aromatic nitrogens is 8. The summed E-state index contributed by atoms with van der Waals surface area (Å²) in [5.74, 6) is -5.96. The molecular formula is C100H116N8O4+4. The van der Waals surface area contributed by atoms with E-state index in [9.17, 15) is 0 Å². The van der Waals surface area contributed by atoms with Gasteiger partial charge in [0.05, 0.1) is 22.3 Å². The summed E-state index contributed by atoms with van der Waals surface area (Å²) in [5, 5.41) is 7.77. The van der Waals surface area contributed by atoms with Gasteiger partial charge in [0.1, 0.15) is 28.2 Å². The van der Waals surface area contributed by atoms with E-state index in [1.165, 1.54) is 29.3 Å². The Kier molecular flexibility index (Phi) is 18.0. The molecule has 0 saturated heterocycles. The van der Waals surface area contributed by atoms with Crippen LogP contribution in [0.15, 0.2) is 164 Å². The lowest BCUT2D eigenvalue weighted by Gasteiger charge is -2.19. The minimum atomic E-state index is -2.45. The SMILES string of the molecule is Cc1ccc2c(n1)oc1c(-c3cc(C)c(CC(C)(C)C)c[n+]3C)c(C)ccc12.[2H]C(C)(C)c1ccc2c(n1)oc1c(-c3cc(C)c(C([2H])(C)C([2H])([2H])[2H])c[n+]3C)c(C)ccc12.[2H]C(C)(C)c1ccc2c(n1)oc1c(-c3cc(C)c(C([2H])(C)C)c[n+]3C)c(C)ccc12.[2H]C([2H])([2H])c1c[n+](C)c(-c2c(C)ccc3c2oc2nc(C([2H])(C)C)ccc23)cc1C([2H])(C)C. The van der Waals surface area contributed by atoms with Gasteiger partial charge in [-0.3, -0.25) is 0 Å². The highest BCUT2D eigenvalue weighted by Gasteiger charge is 2.30. The molecule has 0 amide bonds. The van der Waals surface area contributed by atoms with Gasteiger partial charge in [-0.25, -0.2) is 38.2 Å². The Balaban J connectivity index is 0.000000142. The van der Waals surface area contributed by atoms with Crippen molar-refractivity contribution in [2.45, 2.75) is 208 Å². The second-order valence-corrected chi connectivity index (χ2v) is 33.1.